The maximum absolute atomic E-state index is 12.6. The Bertz CT molecular complexity index is 458. The van der Waals surface area contributed by atoms with Gasteiger partial charge in [0.25, 0.3) is 5.24 Å². The molecule has 0 radical (unpaired) electrons. The smallest absolute Gasteiger partial charge is 0.276 e. The van der Waals surface area contributed by atoms with Crippen molar-refractivity contribution in [2.45, 2.75) is 12.4 Å². The fraction of sp³-hybridized carbons (Fsp3) is 0.222. The zero-order chi connectivity index (χ0) is 14.3. The first-order valence-corrected chi connectivity index (χ1v) is 5.29. The molecule has 0 aliphatic rings. The molecule has 0 spiro atoms. The summed E-state index contributed by atoms with van der Waals surface area (Å²) in [7, 11) is 0. The zero-order valence-corrected chi connectivity index (χ0v) is 10.4. The third-order valence-corrected chi connectivity index (χ3v) is 2.56. The minimum Gasteiger partial charge on any atom is -0.276 e. The second kappa shape index (κ2) is 4.73. The molecule has 9 heteroatoms. The lowest BCUT2D eigenvalue weighted by Crippen LogP contribution is -2.18. The van der Waals surface area contributed by atoms with Gasteiger partial charge in [-0.05, 0) is 23.7 Å². The lowest BCUT2D eigenvalue weighted by molar-refractivity contribution is -0.143. The van der Waals surface area contributed by atoms with Gasteiger partial charge in [-0.3, -0.25) is 4.79 Å². The molecule has 1 nitrogen and oxygen atoms in total. The second-order valence-electron chi connectivity index (χ2n) is 3.15. The van der Waals surface area contributed by atoms with E-state index in [1.165, 1.54) is 0 Å². The van der Waals surface area contributed by atoms with Crippen LogP contribution in [0.15, 0.2) is 16.6 Å². The number of hydrogen-bond donors (Lipinski definition) is 0. The zero-order valence-electron chi connectivity index (χ0n) is 8.09. The lowest BCUT2D eigenvalue weighted by Gasteiger charge is -2.16. The van der Waals surface area contributed by atoms with E-state index < -0.39 is 38.8 Å². The molecule has 0 heterocycles. The standard InChI is InChI=1S/C9H2BrClF6O/c10-3-1-4(8(12,13)14)6(7(11)18)5(2-3)9(15,16)17/h1-2H. The molecule has 0 atom stereocenters. The Morgan fingerprint density at radius 2 is 1.33 bits per heavy atom. The number of rotatable bonds is 1. The van der Waals surface area contributed by atoms with Crippen LogP contribution in [-0.2, 0) is 12.4 Å². The summed E-state index contributed by atoms with van der Waals surface area (Å²) in [4.78, 5) is 10.8. The van der Waals surface area contributed by atoms with Crippen LogP contribution in [0.3, 0.4) is 0 Å². The molecular weight excluding hydrogens is 353 g/mol. The van der Waals surface area contributed by atoms with Gasteiger partial charge in [-0.25, -0.2) is 0 Å². The molecular formula is C9H2BrClF6O. The highest BCUT2D eigenvalue weighted by Crippen LogP contribution is 2.41. The van der Waals surface area contributed by atoms with Gasteiger partial charge in [0.1, 0.15) is 0 Å². The van der Waals surface area contributed by atoms with Gasteiger partial charge in [0.2, 0.25) is 0 Å². The first-order valence-electron chi connectivity index (χ1n) is 4.12. The number of alkyl halides is 6. The van der Waals surface area contributed by atoms with Crippen molar-refractivity contribution >= 4 is 32.8 Å². The third kappa shape index (κ3) is 3.17. The number of carbonyl (C=O) groups excluding carboxylic acids is 1. The number of carbonyl (C=O) groups is 1. The van der Waals surface area contributed by atoms with E-state index in [1.54, 1.807) is 0 Å². The summed E-state index contributed by atoms with van der Waals surface area (Å²) in [6.07, 6.45) is -10.2. The molecule has 0 fully saturated rings. The van der Waals surface area contributed by atoms with Gasteiger partial charge in [0.05, 0.1) is 16.7 Å². The molecule has 0 unspecified atom stereocenters. The van der Waals surface area contributed by atoms with Crippen LogP contribution in [0.1, 0.15) is 21.5 Å². The normalized spacial score (nSPS) is 12.7. The Morgan fingerprint density at radius 1 is 1.00 bits per heavy atom. The first-order chi connectivity index (χ1) is 7.94. The van der Waals surface area contributed by atoms with Gasteiger partial charge < -0.3 is 0 Å². The third-order valence-electron chi connectivity index (χ3n) is 1.91. The molecule has 1 aromatic rings. The summed E-state index contributed by atoms with van der Waals surface area (Å²) >= 11 is 7.35. The van der Waals surface area contributed by atoms with Gasteiger partial charge in [-0.1, -0.05) is 15.9 Å². The molecule has 1 aromatic carbocycles. The highest BCUT2D eigenvalue weighted by Gasteiger charge is 2.43. The van der Waals surface area contributed by atoms with E-state index >= 15 is 0 Å². The Hall–Kier alpha value is -0.760. The van der Waals surface area contributed by atoms with Crippen molar-refractivity contribution < 1.29 is 31.1 Å². The summed E-state index contributed by atoms with van der Waals surface area (Å²) in [6, 6.07) is 0.732. The molecule has 100 valence electrons. The van der Waals surface area contributed by atoms with Crippen LogP contribution in [0.4, 0.5) is 26.3 Å². The summed E-state index contributed by atoms with van der Waals surface area (Å²) in [5.74, 6) is 0. The van der Waals surface area contributed by atoms with E-state index in [9.17, 15) is 31.1 Å². The van der Waals surface area contributed by atoms with Crippen molar-refractivity contribution in [3.63, 3.8) is 0 Å². The summed E-state index contributed by atoms with van der Waals surface area (Å²) in [5, 5.41) is -1.82. The van der Waals surface area contributed by atoms with E-state index in [2.05, 4.69) is 15.9 Å². The van der Waals surface area contributed by atoms with E-state index in [0.717, 1.165) is 0 Å². The first kappa shape index (κ1) is 15.3. The minimum absolute atomic E-state index is 0.366. The maximum atomic E-state index is 12.6. The maximum Gasteiger partial charge on any atom is 0.417 e. The largest absolute Gasteiger partial charge is 0.417 e. The fourth-order valence-corrected chi connectivity index (χ4v) is 1.93. The van der Waals surface area contributed by atoms with Crippen LogP contribution in [0.25, 0.3) is 0 Å². The number of halogens is 8. The predicted molar refractivity (Wildman–Crippen MR) is 54.3 cm³/mol. The number of hydrogen-bond acceptors (Lipinski definition) is 1. The average molecular weight is 355 g/mol. The van der Waals surface area contributed by atoms with Crippen molar-refractivity contribution in [3.8, 4) is 0 Å². The van der Waals surface area contributed by atoms with Crippen molar-refractivity contribution in [1.29, 1.82) is 0 Å². The van der Waals surface area contributed by atoms with Crippen LogP contribution in [-0.4, -0.2) is 5.24 Å². The van der Waals surface area contributed by atoms with E-state index in [0.29, 0.717) is 12.1 Å². The van der Waals surface area contributed by atoms with Crippen molar-refractivity contribution in [3.05, 3.63) is 33.3 Å². The van der Waals surface area contributed by atoms with Gasteiger partial charge in [0.15, 0.2) is 0 Å². The minimum atomic E-state index is -5.12. The van der Waals surface area contributed by atoms with Crippen LogP contribution < -0.4 is 0 Å². The van der Waals surface area contributed by atoms with E-state index in [-0.39, 0.29) is 0 Å². The van der Waals surface area contributed by atoms with Gasteiger partial charge >= 0.3 is 12.4 Å². The predicted octanol–water partition coefficient (Wildman–Crippen LogP) is 4.87. The average Bonchev–Trinajstić information content (AvgIpc) is 2.12. The number of benzene rings is 1. The molecule has 0 N–H and O–H groups in total. The summed E-state index contributed by atoms with van der Waals surface area (Å²) < 4.78 is 74.9. The second-order valence-corrected chi connectivity index (χ2v) is 4.40. The fourth-order valence-electron chi connectivity index (χ4n) is 1.27. The Labute approximate surface area is 110 Å². The molecule has 0 aliphatic heterocycles. The molecule has 0 saturated carbocycles. The summed E-state index contributed by atoms with van der Waals surface area (Å²) in [6.45, 7) is 0. The van der Waals surface area contributed by atoms with Gasteiger partial charge in [-0.15, -0.1) is 0 Å². The van der Waals surface area contributed by atoms with Crippen LogP contribution in [0.5, 0.6) is 0 Å². The van der Waals surface area contributed by atoms with Crippen molar-refractivity contribution in [1.82, 2.24) is 0 Å². The van der Waals surface area contributed by atoms with Crippen LogP contribution in [0.2, 0.25) is 0 Å². The van der Waals surface area contributed by atoms with Gasteiger partial charge in [0, 0.05) is 4.47 Å². The molecule has 0 bridgehead atoms. The molecule has 1 rings (SSSR count). The highest BCUT2D eigenvalue weighted by molar-refractivity contribution is 9.10. The quantitative estimate of drug-likeness (QED) is 0.519. The molecule has 0 aliphatic carbocycles. The SMILES string of the molecule is O=C(Cl)c1c(C(F)(F)F)cc(Br)cc1C(F)(F)F. The highest BCUT2D eigenvalue weighted by atomic mass is 79.9. The van der Waals surface area contributed by atoms with Crippen LogP contribution in [0, 0.1) is 0 Å². The van der Waals surface area contributed by atoms with Gasteiger partial charge in [-0.2, -0.15) is 26.3 Å². The van der Waals surface area contributed by atoms with E-state index in [4.69, 9.17) is 11.6 Å². The molecule has 18 heavy (non-hydrogen) atoms. The molecule has 0 aromatic heterocycles. The topological polar surface area (TPSA) is 17.1 Å². The van der Waals surface area contributed by atoms with E-state index in [1.807, 2.05) is 0 Å². The molecule has 0 amide bonds. The van der Waals surface area contributed by atoms with Crippen molar-refractivity contribution in [2.75, 3.05) is 0 Å². The lowest BCUT2D eigenvalue weighted by atomic mass is 10.0. The molecule has 0 saturated heterocycles. The Balaban J connectivity index is 3.74. The van der Waals surface area contributed by atoms with Crippen LogP contribution >= 0.6 is 27.5 Å². The summed E-state index contributed by atoms with van der Waals surface area (Å²) in [5.41, 5.74) is -5.06. The monoisotopic (exact) mass is 354 g/mol. The Kier molecular flexibility index (Phi) is 4.02. The van der Waals surface area contributed by atoms with Crippen molar-refractivity contribution in [2.24, 2.45) is 0 Å². The Morgan fingerprint density at radius 3 is 1.56 bits per heavy atom.